The van der Waals surface area contributed by atoms with Gasteiger partial charge in [0.15, 0.2) is 0 Å². The number of aromatic nitrogens is 2. The van der Waals surface area contributed by atoms with Crippen LogP contribution in [0.25, 0.3) is 22.5 Å². The van der Waals surface area contributed by atoms with Gasteiger partial charge < -0.3 is 9.42 Å². The van der Waals surface area contributed by atoms with Gasteiger partial charge in [-0.25, -0.2) is 0 Å². The topological polar surface area (TPSA) is 59.2 Å². The van der Waals surface area contributed by atoms with Crippen molar-refractivity contribution in [3.05, 3.63) is 95.9 Å². The second-order valence-electron chi connectivity index (χ2n) is 7.85. The second kappa shape index (κ2) is 8.96. The molecule has 4 rings (SSSR count). The van der Waals surface area contributed by atoms with E-state index >= 15 is 0 Å². The minimum absolute atomic E-state index is 0.0176. The van der Waals surface area contributed by atoms with Crippen molar-refractivity contribution in [3.8, 4) is 22.5 Å². The molecular formula is C26H25N3O2. The number of carbonyl (C=O) groups excluding carboxylic acids is 1. The molecule has 0 bridgehead atoms. The van der Waals surface area contributed by atoms with Crippen molar-refractivity contribution >= 4 is 5.91 Å². The average molecular weight is 412 g/mol. The molecule has 0 fully saturated rings. The fraction of sp³-hybridized carbons (Fsp3) is 0.192. The van der Waals surface area contributed by atoms with Crippen LogP contribution in [-0.4, -0.2) is 27.0 Å². The highest BCUT2D eigenvalue weighted by molar-refractivity contribution is 5.94. The molecule has 31 heavy (non-hydrogen) atoms. The molecule has 0 aliphatic heterocycles. The summed E-state index contributed by atoms with van der Waals surface area (Å²) in [6.07, 6.45) is 0. The van der Waals surface area contributed by atoms with Crippen molar-refractivity contribution in [2.45, 2.75) is 33.4 Å². The molecule has 5 nitrogen and oxygen atoms in total. The van der Waals surface area contributed by atoms with Crippen LogP contribution in [0.5, 0.6) is 0 Å². The summed E-state index contributed by atoms with van der Waals surface area (Å²) in [6.45, 7) is 6.25. The maximum atomic E-state index is 13.2. The number of nitrogens with zero attached hydrogens (tertiary/aromatic N) is 3. The SMILES string of the molecule is Cc1ccc(-c2noc(CN(C(=O)c3ccc(-c4ccccc4)cc3)C(C)C)n2)cc1. The van der Waals surface area contributed by atoms with Gasteiger partial charge in [0, 0.05) is 17.2 Å². The average Bonchev–Trinajstić information content (AvgIpc) is 3.27. The van der Waals surface area contributed by atoms with Crippen molar-refractivity contribution < 1.29 is 9.32 Å². The van der Waals surface area contributed by atoms with Crippen molar-refractivity contribution in [1.29, 1.82) is 0 Å². The van der Waals surface area contributed by atoms with Gasteiger partial charge in [0.25, 0.3) is 5.91 Å². The molecule has 0 N–H and O–H groups in total. The largest absolute Gasteiger partial charge is 0.337 e. The molecule has 156 valence electrons. The fourth-order valence-electron chi connectivity index (χ4n) is 3.38. The summed E-state index contributed by atoms with van der Waals surface area (Å²) in [5, 5.41) is 4.08. The maximum Gasteiger partial charge on any atom is 0.254 e. The molecule has 1 amide bonds. The lowest BCUT2D eigenvalue weighted by molar-refractivity contribution is 0.0667. The van der Waals surface area contributed by atoms with E-state index in [0.717, 1.165) is 16.7 Å². The quantitative estimate of drug-likeness (QED) is 0.405. The monoisotopic (exact) mass is 411 g/mol. The molecule has 1 aromatic heterocycles. The number of benzene rings is 3. The van der Waals surface area contributed by atoms with Crippen LogP contribution in [0.2, 0.25) is 0 Å². The minimum atomic E-state index is -0.0651. The summed E-state index contributed by atoms with van der Waals surface area (Å²) in [5.74, 6) is 0.876. The van der Waals surface area contributed by atoms with Crippen LogP contribution in [0.3, 0.4) is 0 Å². The molecule has 1 heterocycles. The molecule has 0 saturated carbocycles. The van der Waals surface area contributed by atoms with Gasteiger partial charge >= 0.3 is 0 Å². The maximum absolute atomic E-state index is 13.2. The molecule has 0 unspecified atom stereocenters. The first-order chi connectivity index (χ1) is 15.0. The second-order valence-corrected chi connectivity index (χ2v) is 7.85. The third kappa shape index (κ3) is 4.72. The van der Waals surface area contributed by atoms with Gasteiger partial charge in [0.2, 0.25) is 11.7 Å². The Morgan fingerprint density at radius 2 is 1.48 bits per heavy atom. The van der Waals surface area contributed by atoms with Gasteiger partial charge in [-0.2, -0.15) is 4.98 Å². The number of hydrogen-bond donors (Lipinski definition) is 0. The highest BCUT2D eigenvalue weighted by atomic mass is 16.5. The third-order valence-electron chi connectivity index (χ3n) is 5.21. The van der Waals surface area contributed by atoms with Crippen molar-refractivity contribution in [3.63, 3.8) is 0 Å². The van der Waals surface area contributed by atoms with Crippen molar-refractivity contribution in [2.24, 2.45) is 0 Å². The molecule has 0 aliphatic carbocycles. The van der Waals surface area contributed by atoms with Gasteiger partial charge in [-0.3, -0.25) is 4.79 Å². The summed E-state index contributed by atoms with van der Waals surface area (Å²) in [4.78, 5) is 19.4. The Kier molecular flexibility index (Phi) is 5.94. The third-order valence-corrected chi connectivity index (χ3v) is 5.21. The van der Waals surface area contributed by atoms with E-state index in [4.69, 9.17) is 4.52 Å². The first-order valence-electron chi connectivity index (χ1n) is 10.4. The lowest BCUT2D eigenvalue weighted by atomic mass is 10.0. The number of rotatable bonds is 6. The van der Waals surface area contributed by atoms with E-state index in [1.807, 2.05) is 87.5 Å². The molecule has 0 spiro atoms. The number of amides is 1. The Bertz CT molecular complexity index is 1150. The molecule has 0 atom stereocenters. The van der Waals surface area contributed by atoms with Crippen molar-refractivity contribution in [1.82, 2.24) is 15.0 Å². The zero-order chi connectivity index (χ0) is 21.8. The highest BCUT2D eigenvalue weighted by Crippen LogP contribution is 2.22. The number of hydrogen-bond acceptors (Lipinski definition) is 4. The van der Waals surface area contributed by atoms with Gasteiger partial charge in [-0.1, -0.05) is 77.5 Å². The summed E-state index contributed by atoms with van der Waals surface area (Å²) >= 11 is 0. The van der Waals surface area contributed by atoms with E-state index in [-0.39, 0.29) is 18.5 Å². The number of aryl methyl sites for hydroxylation is 1. The molecule has 5 heteroatoms. The van der Waals surface area contributed by atoms with Gasteiger partial charge in [0.1, 0.15) is 6.54 Å². The Balaban J connectivity index is 1.51. The minimum Gasteiger partial charge on any atom is -0.337 e. The zero-order valence-electron chi connectivity index (χ0n) is 17.9. The summed E-state index contributed by atoms with van der Waals surface area (Å²) < 4.78 is 5.44. The highest BCUT2D eigenvalue weighted by Gasteiger charge is 2.22. The Labute approximate surface area is 182 Å². The van der Waals surface area contributed by atoms with Crippen LogP contribution in [0.1, 0.15) is 35.7 Å². The van der Waals surface area contributed by atoms with Crippen LogP contribution in [0.4, 0.5) is 0 Å². The van der Waals surface area contributed by atoms with E-state index in [2.05, 4.69) is 22.3 Å². The predicted octanol–water partition coefficient (Wildman–Crippen LogP) is 5.76. The summed E-state index contributed by atoms with van der Waals surface area (Å²) in [5.41, 5.74) is 4.89. The van der Waals surface area contributed by atoms with Crippen LogP contribution in [-0.2, 0) is 6.54 Å². The lowest BCUT2D eigenvalue weighted by Gasteiger charge is -2.25. The van der Waals surface area contributed by atoms with Crippen LogP contribution in [0.15, 0.2) is 83.4 Å². The molecule has 0 radical (unpaired) electrons. The summed E-state index contributed by atoms with van der Waals surface area (Å²) in [7, 11) is 0. The first kappa shape index (κ1) is 20.5. The predicted molar refractivity (Wildman–Crippen MR) is 121 cm³/mol. The molecular weight excluding hydrogens is 386 g/mol. The zero-order valence-corrected chi connectivity index (χ0v) is 17.9. The van der Waals surface area contributed by atoms with E-state index in [1.165, 1.54) is 5.56 Å². The van der Waals surface area contributed by atoms with E-state index in [0.29, 0.717) is 17.3 Å². The summed E-state index contributed by atoms with van der Waals surface area (Å²) in [6, 6.07) is 25.7. The van der Waals surface area contributed by atoms with E-state index in [9.17, 15) is 4.79 Å². The smallest absolute Gasteiger partial charge is 0.254 e. The van der Waals surface area contributed by atoms with Gasteiger partial charge in [-0.05, 0) is 44.0 Å². The van der Waals surface area contributed by atoms with E-state index < -0.39 is 0 Å². The Hall–Kier alpha value is -3.73. The Morgan fingerprint density at radius 3 is 2.13 bits per heavy atom. The van der Waals surface area contributed by atoms with Crippen LogP contribution in [0, 0.1) is 6.92 Å². The van der Waals surface area contributed by atoms with Gasteiger partial charge in [-0.15, -0.1) is 0 Å². The first-order valence-corrected chi connectivity index (χ1v) is 10.4. The lowest BCUT2D eigenvalue weighted by Crippen LogP contribution is -2.36. The molecule has 0 saturated heterocycles. The van der Waals surface area contributed by atoms with Crippen molar-refractivity contribution in [2.75, 3.05) is 0 Å². The molecule has 0 aliphatic rings. The number of carbonyl (C=O) groups is 1. The van der Waals surface area contributed by atoms with Gasteiger partial charge in [0.05, 0.1) is 0 Å². The Morgan fingerprint density at radius 1 is 0.871 bits per heavy atom. The normalized spacial score (nSPS) is 11.0. The van der Waals surface area contributed by atoms with Crippen LogP contribution >= 0.6 is 0 Å². The fourth-order valence-corrected chi connectivity index (χ4v) is 3.38. The molecule has 3 aromatic carbocycles. The van der Waals surface area contributed by atoms with E-state index in [1.54, 1.807) is 4.90 Å². The standard InChI is InChI=1S/C26H25N3O2/c1-18(2)29(17-24-27-25(28-31-24)22-11-9-19(3)10-12-22)26(30)23-15-13-21(14-16-23)20-7-5-4-6-8-20/h4-16,18H,17H2,1-3H3. The molecule has 4 aromatic rings. The van der Waals surface area contributed by atoms with Crippen LogP contribution < -0.4 is 0 Å².